The van der Waals surface area contributed by atoms with Crippen LogP contribution in [-0.4, -0.2) is 17.6 Å². The summed E-state index contributed by atoms with van der Waals surface area (Å²) in [6, 6.07) is 4.98. The minimum atomic E-state index is -0.682. The first-order valence-electron chi connectivity index (χ1n) is 5.68. The number of hydrogen-bond donors (Lipinski definition) is 1. The average Bonchev–Trinajstić information content (AvgIpc) is 2.34. The van der Waals surface area contributed by atoms with Crippen LogP contribution in [0.15, 0.2) is 35.9 Å². The van der Waals surface area contributed by atoms with Crippen molar-refractivity contribution in [3.05, 3.63) is 51.5 Å². The Morgan fingerprint density at radius 1 is 1.15 bits per heavy atom. The van der Waals surface area contributed by atoms with Gasteiger partial charge in [0.2, 0.25) is 5.91 Å². The second-order valence-corrected chi connectivity index (χ2v) is 4.93. The van der Waals surface area contributed by atoms with E-state index in [1.165, 1.54) is 12.2 Å². The van der Waals surface area contributed by atoms with Crippen LogP contribution in [0.1, 0.15) is 12.0 Å². The Kier molecular flexibility index (Phi) is 4.37. The molecule has 2 rings (SSSR count). The van der Waals surface area contributed by atoms with E-state index in [2.05, 4.69) is 5.32 Å². The molecule has 1 fully saturated rings. The highest BCUT2D eigenvalue weighted by molar-refractivity contribution is 6.35. The van der Waals surface area contributed by atoms with Gasteiger partial charge in [0.25, 0.3) is 5.91 Å². The largest absolute Gasteiger partial charge is 0.293 e. The summed E-state index contributed by atoms with van der Waals surface area (Å²) in [4.78, 5) is 34.0. The molecule has 0 unspecified atom stereocenters. The van der Waals surface area contributed by atoms with Gasteiger partial charge >= 0.3 is 0 Å². The van der Waals surface area contributed by atoms with E-state index in [0.717, 1.165) is 0 Å². The number of nitrogens with one attached hydrogen (secondary N) is 1. The van der Waals surface area contributed by atoms with Crippen molar-refractivity contribution in [2.75, 3.05) is 0 Å². The van der Waals surface area contributed by atoms with E-state index in [1.54, 1.807) is 24.3 Å². The molecule has 1 N–H and O–H groups in total. The van der Waals surface area contributed by atoms with Gasteiger partial charge in [-0.15, -0.1) is 0 Å². The lowest BCUT2D eigenvalue weighted by molar-refractivity contribution is -0.134. The predicted octanol–water partition coefficient (Wildman–Crippen LogP) is 2.55. The Labute approximate surface area is 125 Å². The third-order valence-corrected chi connectivity index (χ3v) is 3.18. The molecule has 1 aliphatic heterocycles. The van der Waals surface area contributed by atoms with E-state index in [1.807, 2.05) is 0 Å². The van der Waals surface area contributed by atoms with Crippen molar-refractivity contribution in [3.63, 3.8) is 0 Å². The van der Waals surface area contributed by atoms with Gasteiger partial charge in [-0.2, -0.15) is 0 Å². The Hall–Kier alpha value is -1.91. The molecule has 1 saturated heterocycles. The molecule has 0 radical (unpaired) electrons. The van der Waals surface area contributed by atoms with Crippen LogP contribution in [0.2, 0.25) is 10.0 Å². The van der Waals surface area contributed by atoms with Crippen molar-refractivity contribution in [3.8, 4) is 0 Å². The first-order valence-corrected chi connectivity index (χ1v) is 6.44. The summed E-state index contributed by atoms with van der Waals surface area (Å²) in [5.74, 6) is -1.76. The molecule has 0 bridgehead atoms. The standard InChI is InChI=1S/C14H9Cl2NO3/c15-9-5-4-8(11(16)6-9)2-1-3-10-12(18)7-13(19)17-14(10)20/h1-6H,7H2,(H,17,19,20)/b2-1+,10-3+. The molecule has 20 heavy (non-hydrogen) atoms. The Morgan fingerprint density at radius 2 is 1.90 bits per heavy atom. The molecule has 2 amide bonds. The first-order chi connectivity index (χ1) is 9.47. The van der Waals surface area contributed by atoms with E-state index in [9.17, 15) is 14.4 Å². The smallest absolute Gasteiger partial charge is 0.261 e. The van der Waals surface area contributed by atoms with E-state index >= 15 is 0 Å². The van der Waals surface area contributed by atoms with Gasteiger partial charge in [-0.1, -0.05) is 41.4 Å². The molecule has 0 saturated carbocycles. The topological polar surface area (TPSA) is 63.2 Å². The Bertz CT molecular complexity index is 640. The molecular formula is C14H9Cl2NO3. The number of hydrogen-bond acceptors (Lipinski definition) is 3. The maximum Gasteiger partial charge on any atom is 0.261 e. The predicted molar refractivity (Wildman–Crippen MR) is 76.4 cm³/mol. The number of benzene rings is 1. The molecule has 0 spiro atoms. The van der Waals surface area contributed by atoms with Crippen molar-refractivity contribution in [1.29, 1.82) is 0 Å². The van der Waals surface area contributed by atoms with Crippen molar-refractivity contribution >= 4 is 46.9 Å². The number of ketones is 1. The van der Waals surface area contributed by atoms with Crippen LogP contribution in [0, 0.1) is 0 Å². The second kappa shape index (κ2) is 6.03. The van der Waals surface area contributed by atoms with E-state index in [4.69, 9.17) is 23.2 Å². The van der Waals surface area contributed by atoms with Gasteiger partial charge in [0.15, 0.2) is 5.78 Å². The molecular weight excluding hydrogens is 301 g/mol. The highest BCUT2D eigenvalue weighted by Crippen LogP contribution is 2.22. The molecule has 1 aromatic rings. The molecule has 1 aromatic carbocycles. The lowest BCUT2D eigenvalue weighted by Crippen LogP contribution is -2.40. The van der Waals surface area contributed by atoms with Crippen LogP contribution < -0.4 is 5.32 Å². The third-order valence-electron chi connectivity index (χ3n) is 2.62. The zero-order chi connectivity index (χ0) is 14.7. The van der Waals surface area contributed by atoms with Gasteiger partial charge in [0.1, 0.15) is 0 Å². The fourth-order valence-corrected chi connectivity index (χ4v) is 2.13. The van der Waals surface area contributed by atoms with Crippen LogP contribution in [0.4, 0.5) is 0 Å². The number of piperidine rings is 1. The number of imide groups is 1. The summed E-state index contributed by atoms with van der Waals surface area (Å²) in [5, 5.41) is 3.06. The van der Waals surface area contributed by atoms with Crippen LogP contribution in [-0.2, 0) is 14.4 Å². The van der Waals surface area contributed by atoms with Crippen LogP contribution in [0.25, 0.3) is 6.08 Å². The van der Waals surface area contributed by atoms with Gasteiger partial charge in [-0.05, 0) is 23.8 Å². The van der Waals surface area contributed by atoms with Crippen LogP contribution >= 0.6 is 23.2 Å². The highest BCUT2D eigenvalue weighted by Gasteiger charge is 2.27. The maximum atomic E-state index is 11.5. The SMILES string of the molecule is O=C1CC(=O)/C(=C\C=C\c2ccc(Cl)cc2Cl)C(=O)N1. The zero-order valence-electron chi connectivity index (χ0n) is 10.2. The zero-order valence-corrected chi connectivity index (χ0v) is 11.7. The summed E-state index contributed by atoms with van der Waals surface area (Å²) in [5.41, 5.74) is 0.651. The van der Waals surface area contributed by atoms with Gasteiger partial charge in [0.05, 0.1) is 12.0 Å². The number of Topliss-reactive ketones (excluding diaryl/α,β-unsaturated/α-hetero) is 1. The summed E-state index contributed by atoms with van der Waals surface area (Å²) in [7, 11) is 0. The lowest BCUT2D eigenvalue weighted by Gasteiger charge is -2.11. The molecule has 0 aliphatic carbocycles. The first kappa shape index (κ1) is 14.5. The molecule has 6 heteroatoms. The molecule has 0 atom stereocenters. The molecule has 0 aromatic heterocycles. The number of allylic oxidation sites excluding steroid dienone is 2. The van der Waals surface area contributed by atoms with Crippen molar-refractivity contribution in [1.82, 2.24) is 5.32 Å². The third kappa shape index (κ3) is 3.35. The molecule has 1 heterocycles. The number of rotatable bonds is 2. The minimum absolute atomic E-state index is 0.0501. The second-order valence-electron chi connectivity index (χ2n) is 4.08. The fourth-order valence-electron chi connectivity index (χ4n) is 1.66. The van der Waals surface area contributed by atoms with Crippen molar-refractivity contribution in [2.45, 2.75) is 6.42 Å². The molecule has 1 aliphatic rings. The molecule has 4 nitrogen and oxygen atoms in total. The van der Waals surface area contributed by atoms with Gasteiger partial charge < -0.3 is 0 Å². The number of carbonyl (C=O) groups excluding carboxylic acids is 3. The molecule has 102 valence electrons. The van der Waals surface area contributed by atoms with Crippen LogP contribution in [0.5, 0.6) is 0 Å². The van der Waals surface area contributed by atoms with E-state index in [0.29, 0.717) is 15.6 Å². The van der Waals surface area contributed by atoms with Gasteiger partial charge in [0, 0.05) is 10.0 Å². The number of carbonyl (C=O) groups is 3. The van der Waals surface area contributed by atoms with Crippen LogP contribution in [0.3, 0.4) is 0 Å². The summed E-state index contributed by atoms with van der Waals surface area (Å²) in [6.07, 6.45) is 4.21. The van der Waals surface area contributed by atoms with E-state index < -0.39 is 17.6 Å². The maximum absolute atomic E-state index is 11.5. The quantitative estimate of drug-likeness (QED) is 0.395. The Morgan fingerprint density at radius 3 is 2.55 bits per heavy atom. The van der Waals surface area contributed by atoms with E-state index in [-0.39, 0.29) is 12.0 Å². The number of amides is 2. The summed E-state index contributed by atoms with van der Waals surface area (Å²) >= 11 is 11.8. The Balaban J connectivity index is 2.19. The highest BCUT2D eigenvalue weighted by atomic mass is 35.5. The summed E-state index contributed by atoms with van der Waals surface area (Å²) < 4.78 is 0. The normalized spacial score (nSPS) is 17.9. The lowest BCUT2D eigenvalue weighted by atomic mass is 10.0. The fraction of sp³-hybridized carbons (Fsp3) is 0.0714. The van der Waals surface area contributed by atoms with Gasteiger partial charge in [-0.3, -0.25) is 19.7 Å². The average molecular weight is 310 g/mol. The minimum Gasteiger partial charge on any atom is -0.293 e. The van der Waals surface area contributed by atoms with Crippen molar-refractivity contribution < 1.29 is 14.4 Å². The number of halogens is 2. The summed E-state index contributed by atoms with van der Waals surface area (Å²) in [6.45, 7) is 0. The van der Waals surface area contributed by atoms with Crippen molar-refractivity contribution in [2.24, 2.45) is 0 Å². The monoisotopic (exact) mass is 309 g/mol. The van der Waals surface area contributed by atoms with Gasteiger partial charge in [-0.25, -0.2) is 0 Å².